The second kappa shape index (κ2) is 8.16. The van der Waals surface area contributed by atoms with E-state index < -0.39 is 6.23 Å². The summed E-state index contributed by atoms with van der Waals surface area (Å²) in [5, 5.41) is 7.67. The van der Waals surface area contributed by atoms with E-state index >= 15 is 0 Å². The number of hydrogen-bond acceptors (Lipinski definition) is 5. The van der Waals surface area contributed by atoms with Gasteiger partial charge in [0.1, 0.15) is 5.75 Å². The third-order valence-electron chi connectivity index (χ3n) is 5.65. The molecule has 2 aliphatic rings. The summed E-state index contributed by atoms with van der Waals surface area (Å²) < 4.78 is 17.8. The topological polar surface area (TPSA) is 43.3 Å². The minimum Gasteiger partial charge on any atom is -0.497 e. The van der Waals surface area contributed by atoms with Crippen molar-refractivity contribution in [1.29, 1.82) is 0 Å². The van der Waals surface area contributed by atoms with Gasteiger partial charge in [0.2, 0.25) is 6.23 Å². The summed E-state index contributed by atoms with van der Waals surface area (Å²) in [4.78, 5) is 0. The molecule has 3 aromatic rings. The Bertz CT molecular complexity index is 1150. The molecule has 0 unspecified atom stereocenters. The van der Waals surface area contributed by atoms with Crippen LogP contribution in [0, 0.1) is 0 Å². The molecule has 2 aliphatic heterocycles. The zero-order valence-electron chi connectivity index (χ0n) is 17.4. The zero-order chi connectivity index (χ0) is 21.4. The average Bonchev–Trinajstić information content (AvgIpc) is 3.25. The van der Waals surface area contributed by atoms with Gasteiger partial charge in [-0.2, -0.15) is 5.10 Å². The molecule has 5 nitrogen and oxygen atoms in total. The fourth-order valence-corrected chi connectivity index (χ4v) is 4.44. The van der Waals surface area contributed by atoms with Crippen molar-refractivity contribution >= 4 is 17.3 Å². The molecule has 0 aromatic heterocycles. The highest BCUT2D eigenvalue weighted by Gasteiger charge is 2.42. The summed E-state index contributed by atoms with van der Waals surface area (Å²) in [7, 11) is 1.67. The summed E-state index contributed by atoms with van der Waals surface area (Å²) in [6.45, 7) is 2.54. The maximum Gasteiger partial charge on any atom is 0.215 e. The lowest BCUT2D eigenvalue weighted by molar-refractivity contribution is -0.0211. The number of fused-ring (bicyclic) bond motifs is 3. The maximum atomic E-state index is 6.57. The van der Waals surface area contributed by atoms with Gasteiger partial charge in [0.25, 0.3) is 0 Å². The van der Waals surface area contributed by atoms with Crippen LogP contribution in [0.4, 0.5) is 0 Å². The van der Waals surface area contributed by atoms with E-state index in [1.807, 2.05) is 66.5 Å². The van der Waals surface area contributed by atoms with Crippen LogP contribution in [0.1, 0.15) is 42.3 Å². The number of methoxy groups -OCH3 is 1. The highest BCUT2D eigenvalue weighted by atomic mass is 35.5. The van der Waals surface area contributed by atoms with Crippen molar-refractivity contribution in [2.75, 3.05) is 13.7 Å². The van der Waals surface area contributed by atoms with E-state index in [9.17, 15) is 0 Å². The molecule has 0 fully saturated rings. The number of hydrazone groups is 1. The standard InChI is InChI=1S/C25H23ClN2O3/c1-3-30-23-13-7-11-19-22-15-21(16-8-6-9-17(14-16)29-2)27-28(22)25(31-24(19)23)18-10-4-5-12-20(18)26/h4-14,22,25H,3,15H2,1-2H3/t22-,25-/m0/s1. The lowest BCUT2D eigenvalue weighted by Crippen LogP contribution is -2.34. The molecule has 5 rings (SSSR count). The lowest BCUT2D eigenvalue weighted by Gasteiger charge is -2.39. The van der Waals surface area contributed by atoms with Crippen molar-refractivity contribution in [2.24, 2.45) is 5.10 Å². The van der Waals surface area contributed by atoms with Crippen molar-refractivity contribution in [1.82, 2.24) is 5.01 Å². The summed E-state index contributed by atoms with van der Waals surface area (Å²) in [5.74, 6) is 2.31. The van der Waals surface area contributed by atoms with Gasteiger partial charge in [-0.25, -0.2) is 5.01 Å². The molecule has 0 saturated carbocycles. The number of hydrogen-bond donors (Lipinski definition) is 0. The quantitative estimate of drug-likeness (QED) is 0.494. The van der Waals surface area contributed by atoms with Crippen LogP contribution in [0.15, 0.2) is 71.8 Å². The van der Waals surface area contributed by atoms with Gasteiger partial charge in [-0.1, -0.05) is 54.1 Å². The molecule has 0 aliphatic carbocycles. The third kappa shape index (κ3) is 3.49. The number of rotatable bonds is 5. The highest BCUT2D eigenvalue weighted by molar-refractivity contribution is 6.31. The average molecular weight is 435 g/mol. The molecular formula is C25H23ClN2O3. The van der Waals surface area contributed by atoms with E-state index in [-0.39, 0.29) is 6.04 Å². The highest BCUT2D eigenvalue weighted by Crippen LogP contribution is 2.51. The summed E-state index contributed by atoms with van der Waals surface area (Å²) >= 11 is 6.57. The minimum absolute atomic E-state index is 0.0200. The molecule has 0 radical (unpaired) electrons. The van der Waals surface area contributed by atoms with Crippen LogP contribution < -0.4 is 14.2 Å². The second-order valence-electron chi connectivity index (χ2n) is 7.48. The molecule has 2 heterocycles. The Kier molecular flexibility index (Phi) is 5.20. The Morgan fingerprint density at radius 1 is 1.06 bits per heavy atom. The van der Waals surface area contributed by atoms with Crippen LogP contribution in [0.5, 0.6) is 17.2 Å². The van der Waals surface area contributed by atoms with Gasteiger partial charge < -0.3 is 14.2 Å². The third-order valence-corrected chi connectivity index (χ3v) is 6.00. The van der Waals surface area contributed by atoms with E-state index in [2.05, 4.69) is 12.1 Å². The van der Waals surface area contributed by atoms with Crippen molar-refractivity contribution in [2.45, 2.75) is 25.6 Å². The van der Waals surface area contributed by atoms with Gasteiger partial charge in [0, 0.05) is 28.1 Å². The molecule has 0 amide bonds. The van der Waals surface area contributed by atoms with Crippen LogP contribution in [-0.2, 0) is 0 Å². The molecule has 0 N–H and O–H groups in total. The molecule has 2 atom stereocenters. The fourth-order valence-electron chi connectivity index (χ4n) is 4.21. The van der Waals surface area contributed by atoms with Gasteiger partial charge in [0.15, 0.2) is 11.5 Å². The second-order valence-corrected chi connectivity index (χ2v) is 7.89. The Hall–Kier alpha value is -3.18. The fraction of sp³-hybridized carbons (Fsp3) is 0.240. The van der Waals surface area contributed by atoms with Crippen molar-refractivity contribution in [3.05, 3.63) is 88.4 Å². The summed E-state index contributed by atoms with van der Waals surface area (Å²) in [5.41, 5.74) is 3.96. The Morgan fingerprint density at radius 2 is 1.87 bits per heavy atom. The van der Waals surface area contributed by atoms with Gasteiger partial charge in [-0.15, -0.1) is 0 Å². The number of benzene rings is 3. The molecule has 3 aromatic carbocycles. The van der Waals surface area contributed by atoms with Gasteiger partial charge in [-0.3, -0.25) is 0 Å². The SMILES string of the molecule is CCOc1cccc2c1O[C@@H](c1ccccc1Cl)N1N=C(c3cccc(OC)c3)C[C@@H]21. The van der Waals surface area contributed by atoms with E-state index in [0.717, 1.165) is 46.1 Å². The first-order valence-electron chi connectivity index (χ1n) is 10.4. The van der Waals surface area contributed by atoms with Crippen LogP contribution in [0.2, 0.25) is 5.02 Å². The first-order valence-corrected chi connectivity index (χ1v) is 10.7. The van der Waals surface area contributed by atoms with Gasteiger partial charge in [0.05, 0.1) is 25.5 Å². The molecule has 6 heteroatoms. The normalized spacial score (nSPS) is 19.2. The van der Waals surface area contributed by atoms with E-state index in [1.165, 1.54) is 0 Å². The number of ether oxygens (including phenoxy) is 3. The predicted molar refractivity (Wildman–Crippen MR) is 121 cm³/mol. The largest absolute Gasteiger partial charge is 0.497 e. The number of para-hydroxylation sites is 1. The maximum absolute atomic E-state index is 6.57. The van der Waals surface area contributed by atoms with Gasteiger partial charge in [-0.05, 0) is 31.2 Å². The van der Waals surface area contributed by atoms with Crippen molar-refractivity contribution in [3.63, 3.8) is 0 Å². The van der Waals surface area contributed by atoms with E-state index in [0.29, 0.717) is 11.6 Å². The molecule has 0 bridgehead atoms. The van der Waals surface area contributed by atoms with Crippen molar-refractivity contribution < 1.29 is 14.2 Å². The monoisotopic (exact) mass is 434 g/mol. The summed E-state index contributed by atoms with van der Waals surface area (Å²) in [6, 6.07) is 21.8. The minimum atomic E-state index is -0.448. The molecule has 0 spiro atoms. The Balaban J connectivity index is 1.62. The van der Waals surface area contributed by atoms with E-state index in [4.69, 9.17) is 30.9 Å². The Labute approximate surface area is 186 Å². The lowest BCUT2D eigenvalue weighted by atomic mass is 9.95. The first-order chi connectivity index (χ1) is 15.2. The van der Waals surface area contributed by atoms with Crippen LogP contribution in [0.3, 0.4) is 0 Å². The zero-order valence-corrected chi connectivity index (χ0v) is 18.2. The number of halogens is 1. The van der Waals surface area contributed by atoms with Crippen LogP contribution in [-0.4, -0.2) is 24.4 Å². The van der Waals surface area contributed by atoms with Crippen LogP contribution in [0.25, 0.3) is 0 Å². The molecule has 31 heavy (non-hydrogen) atoms. The first kappa shape index (κ1) is 19.8. The van der Waals surface area contributed by atoms with Gasteiger partial charge >= 0.3 is 0 Å². The predicted octanol–water partition coefficient (Wildman–Crippen LogP) is 5.99. The summed E-state index contributed by atoms with van der Waals surface area (Å²) in [6.07, 6.45) is 0.302. The van der Waals surface area contributed by atoms with Crippen molar-refractivity contribution in [3.8, 4) is 17.2 Å². The molecular weight excluding hydrogens is 412 g/mol. The van der Waals surface area contributed by atoms with E-state index in [1.54, 1.807) is 7.11 Å². The number of nitrogens with zero attached hydrogens (tertiary/aromatic N) is 2. The smallest absolute Gasteiger partial charge is 0.215 e. The molecule has 0 saturated heterocycles. The molecule has 158 valence electrons. The Morgan fingerprint density at radius 3 is 2.68 bits per heavy atom. The van der Waals surface area contributed by atoms with Crippen LogP contribution >= 0.6 is 11.6 Å².